The Morgan fingerprint density at radius 2 is 1.63 bits per heavy atom. The quantitative estimate of drug-likeness (QED) is 0.307. The number of ether oxygens (including phenoxy) is 1. The zero-order valence-electron chi connectivity index (χ0n) is 14.6. The van der Waals surface area contributed by atoms with E-state index >= 15 is 0 Å². The topological polar surface area (TPSA) is 69.4 Å². The van der Waals surface area contributed by atoms with Crippen molar-refractivity contribution >= 4 is 23.2 Å². The maximum atomic E-state index is 11.4. The van der Waals surface area contributed by atoms with Crippen molar-refractivity contribution < 1.29 is 14.5 Å². The van der Waals surface area contributed by atoms with Crippen LogP contribution in [0.5, 0.6) is 5.75 Å². The third-order valence-electron chi connectivity index (χ3n) is 3.85. The Hall–Kier alpha value is -3.12. The molecule has 0 atom stereocenters. The molecule has 136 valence electrons. The number of non-ortho nitro benzene ring substituents is 1. The summed E-state index contributed by atoms with van der Waals surface area (Å²) in [6.45, 7) is 1.93. The molecule has 0 aliphatic carbocycles. The monoisotopic (exact) mass is 379 g/mol. The van der Waals surface area contributed by atoms with Crippen molar-refractivity contribution in [2.45, 2.75) is 23.3 Å². The van der Waals surface area contributed by atoms with Crippen LogP contribution in [0.1, 0.15) is 22.8 Å². The van der Waals surface area contributed by atoms with Crippen molar-refractivity contribution in [3.63, 3.8) is 0 Å². The zero-order chi connectivity index (χ0) is 19.2. The molecule has 5 nitrogen and oxygen atoms in total. The van der Waals surface area contributed by atoms with Gasteiger partial charge in [0.2, 0.25) is 0 Å². The van der Waals surface area contributed by atoms with Crippen LogP contribution in [-0.4, -0.2) is 10.7 Å². The van der Waals surface area contributed by atoms with Gasteiger partial charge in [-0.1, -0.05) is 36.0 Å². The molecule has 0 aliphatic rings. The number of nitrogens with zero attached hydrogens (tertiary/aromatic N) is 1. The van der Waals surface area contributed by atoms with E-state index in [2.05, 4.69) is 0 Å². The second kappa shape index (κ2) is 8.51. The molecule has 6 heteroatoms. The van der Waals surface area contributed by atoms with Crippen molar-refractivity contribution in [3.05, 3.63) is 94.0 Å². The summed E-state index contributed by atoms with van der Waals surface area (Å²) in [6, 6.07) is 21.5. The molecule has 0 aromatic heterocycles. The van der Waals surface area contributed by atoms with Crippen LogP contribution < -0.4 is 4.74 Å². The first kappa shape index (κ1) is 18.7. The molecule has 0 saturated heterocycles. The number of hydrogen-bond donors (Lipinski definition) is 0. The number of Topliss-reactive ketones (excluding diaryl/α,β-unsaturated/α-hetero) is 1. The van der Waals surface area contributed by atoms with Crippen LogP contribution in [0.15, 0.2) is 82.6 Å². The summed E-state index contributed by atoms with van der Waals surface area (Å²) < 4.78 is 5.75. The number of nitro benzene ring substituents is 1. The van der Waals surface area contributed by atoms with E-state index in [1.54, 1.807) is 30.3 Å². The van der Waals surface area contributed by atoms with Gasteiger partial charge in [0.1, 0.15) is 12.4 Å². The Labute approximate surface area is 161 Å². The highest BCUT2D eigenvalue weighted by Gasteiger charge is 2.05. The van der Waals surface area contributed by atoms with E-state index in [1.807, 2.05) is 30.3 Å². The minimum atomic E-state index is -0.407. The van der Waals surface area contributed by atoms with Gasteiger partial charge in [0, 0.05) is 27.5 Å². The number of ketones is 1. The molecule has 3 aromatic rings. The van der Waals surface area contributed by atoms with Crippen LogP contribution >= 0.6 is 11.8 Å². The summed E-state index contributed by atoms with van der Waals surface area (Å²) in [5.74, 6) is 0.667. The van der Waals surface area contributed by atoms with Crippen LogP contribution in [0, 0.1) is 10.1 Å². The summed E-state index contributed by atoms with van der Waals surface area (Å²) in [6.07, 6.45) is 0. The van der Waals surface area contributed by atoms with Gasteiger partial charge in [-0.3, -0.25) is 14.9 Å². The lowest BCUT2D eigenvalue weighted by atomic mass is 10.1. The molecule has 3 aromatic carbocycles. The fourth-order valence-corrected chi connectivity index (χ4v) is 3.21. The van der Waals surface area contributed by atoms with Gasteiger partial charge in [0.25, 0.3) is 5.69 Å². The van der Waals surface area contributed by atoms with Gasteiger partial charge in [-0.25, -0.2) is 0 Å². The molecule has 27 heavy (non-hydrogen) atoms. The molecule has 0 heterocycles. The van der Waals surface area contributed by atoms with Gasteiger partial charge < -0.3 is 4.74 Å². The maximum Gasteiger partial charge on any atom is 0.269 e. The van der Waals surface area contributed by atoms with E-state index in [9.17, 15) is 14.9 Å². The molecular weight excluding hydrogens is 362 g/mol. The molecule has 0 amide bonds. The van der Waals surface area contributed by atoms with Gasteiger partial charge in [0.05, 0.1) is 4.92 Å². The standard InChI is InChI=1S/C21H17NO4S/c1-15(23)17-3-2-4-19(13-17)26-14-16-5-9-20(10-6-16)27-21-11-7-18(8-12-21)22(24)25/h2-13H,14H2,1H3. The first-order valence-corrected chi connectivity index (χ1v) is 9.08. The highest BCUT2D eigenvalue weighted by molar-refractivity contribution is 7.99. The Balaban J connectivity index is 1.59. The zero-order valence-corrected chi connectivity index (χ0v) is 15.4. The summed E-state index contributed by atoms with van der Waals surface area (Å²) in [5.41, 5.74) is 1.72. The molecule has 0 fully saturated rings. The lowest BCUT2D eigenvalue weighted by molar-refractivity contribution is -0.384. The summed E-state index contributed by atoms with van der Waals surface area (Å²) >= 11 is 1.54. The molecule has 0 spiro atoms. The highest BCUT2D eigenvalue weighted by Crippen LogP contribution is 2.29. The van der Waals surface area contributed by atoms with E-state index in [0.717, 1.165) is 15.4 Å². The molecule has 0 radical (unpaired) electrons. The average Bonchev–Trinajstić information content (AvgIpc) is 2.68. The van der Waals surface area contributed by atoms with Gasteiger partial charge in [-0.05, 0) is 48.9 Å². The number of carbonyl (C=O) groups is 1. The summed E-state index contributed by atoms with van der Waals surface area (Å²) in [4.78, 5) is 23.7. The predicted molar refractivity (Wildman–Crippen MR) is 104 cm³/mol. The van der Waals surface area contributed by atoms with E-state index in [-0.39, 0.29) is 11.5 Å². The Kier molecular flexibility index (Phi) is 5.88. The Bertz CT molecular complexity index is 953. The van der Waals surface area contributed by atoms with Crippen molar-refractivity contribution in [1.29, 1.82) is 0 Å². The third-order valence-corrected chi connectivity index (χ3v) is 4.87. The molecular formula is C21H17NO4S. The first-order valence-electron chi connectivity index (χ1n) is 8.26. The number of rotatable bonds is 7. The maximum absolute atomic E-state index is 11.4. The van der Waals surface area contributed by atoms with Crippen LogP contribution in [0.25, 0.3) is 0 Å². The smallest absolute Gasteiger partial charge is 0.269 e. The molecule has 0 unspecified atom stereocenters. The van der Waals surface area contributed by atoms with Crippen molar-refractivity contribution in [2.75, 3.05) is 0 Å². The normalized spacial score (nSPS) is 10.4. The van der Waals surface area contributed by atoms with Crippen LogP contribution in [-0.2, 0) is 6.61 Å². The van der Waals surface area contributed by atoms with Crippen LogP contribution in [0.3, 0.4) is 0 Å². The Morgan fingerprint density at radius 1 is 1.00 bits per heavy atom. The fraction of sp³-hybridized carbons (Fsp3) is 0.0952. The van der Waals surface area contributed by atoms with Crippen molar-refractivity contribution in [3.8, 4) is 5.75 Å². The SMILES string of the molecule is CC(=O)c1cccc(OCc2ccc(Sc3ccc([N+](=O)[O-])cc3)cc2)c1. The first-order chi connectivity index (χ1) is 13.0. The van der Waals surface area contributed by atoms with Crippen LogP contribution in [0.2, 0.25) is 0 Å². The van der Waals surface area contributed by atoms with E-state index in [1.165, 1.54) is 30.8 Å². The predicted octanol–water partition coefficient (Wildman–Crippen LogP) is 5.53. The molecule has 0 bridgehead atoms. The lowest BCUT2D eigenvalue weighted by Crippen LogP contribution is -1.97. The minimum absolute atomic E-state index is 0.00747. The minimum Gasteiger partial charge on any atom is -0.489 e. The third kappa shape index (κ3) is 5.18. The van der Waals surface area contributed by atoms with Crippen LogP contribution in [0.4, 0.5) is 5.69 Å². The fourth-order valence-electron chi connectivity index (χ4n) is 2.40. The van der Waals surface area contributed by atoms with Gasteiger partial charge in [-0.2, -0.15) is 0 Å². The number of benzene rings is 3. The van der Waals surface area contributed by atoms with E-state index < -0.39 is 4.92 Å². The molecule has 0 aliphatic heterocycles. The van der Waals surface area contributed by atoms with E-state index in [4.69, 9.17) is 4.74 Å². The summed E-state index contributed by atoms with van der Waals surface area (Å²) in [5, 5.41) is 10.7. The van der Waals surface area contributed by atoms with E-state index in [0.29, 0.717) is 17.9 Å². The van der Waals surface area contributed by atoms with Gasteiger partial charge in [-0.15, -0.1) is 0 Å². The number of hydrogen-bond acceptors (Lipinski definition) is 5. The van der Waals surface area contributed by atoms with Crippen molar-refractivity contribution in [2.24, 2.45) is 0 Å². The molecule has 0 saturated carbocycles. The summed E-state index contributed by atoms with van der Waals surface area (Å²) in [7, 11) is 0. The molecule has 3 rings (SSSR count). The average molecular weight is 379 g/mol. The van der Waals surface area contributed by atoms with Gasteiger partial charge in [0.15, 0.2) is 5.78 Å². The van der Waals surface area contributed by atoms with Crippen molar-refractivity contribution in [1.82, 2.24) is 0 Å². The largest absolute Gasteiger partial charge is 0.489 e. The Morgan fingerprint density at radius 3 is 2.22 bits per heavy atom. The van der Waals surface area contributed by atoms with Gasteiger partial charge >= 0.3 is 0 Å². The molecule has 0 N–H and O–H groups in total. The number of carbonyl (C=O) groups excluding carboxylic acids is 1. The highest BCUT2D eigenvalue weighted by atomic mass is 32.2. The number of nitro groups is 1. The second-order valence-corrected chi connectivity index (χ2v) is 7.02. The second-order valence-electron chi connectivity index (χ2n) is 5.87. The lowest BCUT2D eigenvalue weighted by Gasteiger charge is -2.08.